The van der Waals surface area contributed by atoms with Gasteiger partial charge < -0.3 is 24.6 Å². The Balaban J connectivity index is 1.48. The molecule has 3 heterocycles. The molecular weight excluding hydrogens is 322 g/mol. The van der Waals surface area contributed by atoms with Crippen LogP contribution in [0.5, 0.6) is 0 Å². The number of anilines is 1. The summed E-state index contributed by atoms with van der Waals surface area (Å²) in [7, 11) is 0. The number of rotatable bonds is 3. The molecule has 2 saturated heterocycles. The zero-order valence-electron chi connectivity index (χ0n) is 13.9. The molecule has 1 aromatic rings. The predicted octanol–water partition coefficient (Wildman–Crippen LogP) is 0.530. The Labute approximate surface area is 145 Å². The van der Waals surface area contributed by atoms with Gasteiger partial charge >= 0.3 is 0 Å². The molecule has 1 atom stereocenters. The molecule has 0 saturated carbocycles. The van der Waals surface area contributed by atoms with Crippen LogP contribution in [-0.4, -0.2) is 55.5 Å². The molecule has 1 unspecified atom stereocenters. The fourth-order valence-electron chi connectivity index (χ4n) is 3.67. The van der Waals surface area contributed by atoms with E-state index < -0.39 is 0 Å². The Morgan fingerprint density at radius 1 is 1.24 bits per heavy atom. The van der Waals surface area contributed by atoms with Crippen LogP contribution in [0.4, 0.5) is 5.69 Å². The second kappa shape index (κ2) is 6.48. The predicted molar refractivity (Wildman–Crippen MR) is 90.1 cm³/mol. The Hall–Kier alpha value is -2.41. The minimum atomic E-state index is -0.0853. The summed E-state index contributed by atoms with van der Waals surface area (Å²) in [5.41, 5.74) is 2.78. The van der Waals surface area contributed by atoms with Crippen molar-refractivity contribution >= 4 is 23.8 Å². The summed E-state index contributed by atoms with van der Waals surface area (Å²) < 4.78 is 5.46. The number of benzene rings is 1. The van der Waals surface area contributed by atoms with Gasteiger partial charge in [0.25, 0.3) is 5.91 Å². The summed E-state index contributed by atoms with van der Waals surface area (Å²) in [4.78, 5) is 39.1. The fraction of sp³-hybridized carbons (Fsp3) is 0.500. The molecule has 2 fully saturated rings. The van der Waals surface area contributed by atoms with Crippen LogP contribution < -0.4 is 10.2 Å². The first-order valence-corrected chi connectivity index (χ1v) is 8.64. The second-order valence-electron chi connectivity index (χ2n) is 6.88. The van der Waals surface area contributed by atoms with Crippen LogP contribution in [0.3, 0.4) is 0 Å². The van der Waals surface area contributed by atoms with Gasteiger partial charge in [-0.2, -0.15) is 0 Å². The number of nitrogens with one attached hydrogen (secondary N) is 1. The van der Waals surface area contributed by atoms with Gasteiger partial charge in [-0.3, -0.25) is 9.59 Å². The molecule has 0 spiro atoms. The Bertz CT molecular complexity index is 714. The first kappa shape index (κ1) is 16.1. The average molecular weight is 343 g/mol. The highest BCUT2D eigenvalue weighted by molar-refractivity contribution is 5.99. The van der Waals surface area contributed by atoms with Crippen molar-refractivity contribution in [1.29, 1.82) is 0 Å². The lowest BCUT2D eigenvalue weighted by molar-refractivity contribution is -0.124. The molecule has 1 aromatic carbocycles. The average Bonchev–Trinajstić information content (AvgIpc) is 2.87. The van der Waals surface area contributed by atoms with E-state index in [0.29, 0.717) is 26.0 Å². The largest absolute Gasteiger partial charge is 0.370 e. The van der Waals surface area contributed by atoms with E-state index in [9.17, 15) is 14.4 Å². The van der Waals surface area contributed by atoms with Gasteiger partial charge in [0.05, 0.1) is 12.6 Å². The lowest BCUT2D eigenvalue weighted by atomic mass is 10.00. The molecule has 0 aromatic heterocycles. The van der Waals surface area contributed by atoms with Crippen molar-refractivity contribution in [2.45, 2.75) is 25.4 Å². The number of hydrogen-bond acceptors (Lipinski definition) is 5. The van der Waals surface area contributed by atoms with E-state index in [1.807, 2.05) is 23.1 Å². The molecule has 0 radical (unpaired) electrons. The van der Waals surface area contributed by atoms with Crippen LogP contribution in [-0.2, 0) is 20.9 Å². The van der Waals surface area contributed by atoms with E-state index >= 15 is 0 Å². The number of fused-ring (bicyclic) bond motifs is 1. The van der Waals surface area contributed by atoms with Gasteiger partial charge in [-0.05, 0) is 30.2 Å². The molecule has 3 aliphatic rings. The molecule has 1 N–H and O–H groups in total. The van der Waals surface area contributed by atoms with Gasteiger partial charge in [0.15, 0.2) is 0 Å². The summed E-state index contributed by atoms with van der Waals surface area (Å²) >= 11 is 0. The number of hydrogen-bond donors (Lipinski definition) is 1. The van der Waals surface area contributed by atoms with Crippen molar-refractivity contribution in [3.63, 3.8) is 0 Å². The minimum absolute atomic E-state index is 0.00510. The highest BCUT2D eigenvalue weighted by Gasteiger charge is 2.34. The van der Waals surface area contributed by atoms with Gasteiger partial charge in [-0.1, -0.05) is 0 Å². The van der Waals surface area contributed by atoms with Gasteiger partial charge in [0, 0.05) is 43.2 Å². The van der Waals surface area contributed by atoms with Gasteiger partial charge in [0.2, 0.25) is 5.91 Å². The number of nitrogens with zero attached hydrogens (tertiary/aromatic N) is 2. The van der Waals surface area contributed by atoms with Crippen molar-refractivity contribution < 1.29 is 19.1 Å². The van der Waals surface area contributed by atoms with Gasteiger partial charge in [0.1, 0.15) is 13.0 Å². The van der Waals surface area contributed by atoms with Crippen LogP contribution in [0, 0.1) is 5.92 Å². The van der Waals surface area contributed by atoms with Crippen molar-refractivity contribution in [2.24, 2.45) is 5.92 Å². The Morgan fingerprint density at radius 2 is 2.08 bits per heavy atom. The van der Waals surface area contributed by atoms with Gasteiger partial charge in [-0.15, -0.1) is 0 Å². The smallest absolute Gasteiger partial charge is 0.254 e. The number of carbonyl (C=O) groups excluding carboxylic acids is 3. The molecule has 7 heteroatoms. The van der Waals surface area contributed by atoms with E-state index in [2.05, 4.69) is 10.2 Å². The quantitative estimate of drug-likeness (QED) is 0.810. The molecule has 0 aliphatic carbocycles. The van der Waals surface area contributed by atoms with E-state index in [-0.39, 0.29) is 30.5 Å². The Kier molecular flexibility index (Phi) is 4.17. The van der Waals surface area contributed by atoms with Crippen molar-refractivity contribution in [1.82, 2.24) is 10.2 Å². The van der Waals surface area contributed by atoms with Crippen LogP contribution in [0.2, 0.25) is 0 Å². The molecule has 4 rings (SSSR count). The fourth-order valence-corrected chi connectivity index (χ4v) is 3.67. The lowest BCUT2D eigenvalue weighted by Gasteiger charge is -2.38. The third kappa shape index (κ3) is 3.00. The third-order valence-electron chi connectivity index (χ3n) is 5.22. The van der Waals surface area contributed by atoms with E-state index in [1.54, 1.807) is 0 Å². The second-order valence-corrected chi connectivity index (χ2v) is 6.88. The molecule has 7 nitrogen and oxygen atoms in total. The van der Waals surface area contributed by atoms with Crippen LogP contribution in [0.15, 0.2) is 18.2 Å². The molecule has 25 heavy (non-hydrogen) atoms. The number of carbonyl (C=O) groups is 3. The van der Waals surface area contributed by atoms with E-state index in [0.717, 1.165) is 36.2 Å². The highest BCUT2D eigenvalue weighted by Crippen LogP contribution is 2.32. The summed E-state index contributed by atoms with van der Waals surface area (Å²) in [5, 5.41) is 2.67. The highest BCUT2D eigenvalue weighted by atomic mass is 16.5. The van der Waals surface area contributed by atoms with Crippen LogP contribution >= 0.6 is 0 Å². The topological polar surface area (TPSA) is 79.0 Å². The van der Waals surface area contributed by atoms with Gasteiger partial charge in [-0.25, -0.2) is 0 Å². The molecule has 3 aliphatic heterocycles. The maximum atomic E-state index is 12.7. The Morgan fingerprint density at radius 3 is 2.88 bits per heavy atom. The first-order chi connectivity index (χ1) is 12.2. The summed E-state index contributed by atoms with van der Waals surface area (Å²) in [6, 6.07) is 5.78. The van der Waals surface area contributed by atoms with E-state index in [1.165, 1.54) is 0 Å². The standard InChI is InChI=1S/C18H21N3O4/c22-9-12-6-20(7-12)14-1-3-16-13(5-14)8-21(18(16)24)15-2-4-17(23)19-11-25-10-15/h1,3,5,9,12,15H,2,4,6-8,10-11H2,(H,19,23). The maximum Gasteiger partial charge on any atom is 0.254 e. The summed E-state index contributed by atoms with van der Waals surface area (Å²) in [6.45, 7) is 2.65. The summed E-state index contributed by atoms with van der Waals surface area (Å²) in [5.74, 6) is 0.0776. The SMILES string of the molecule is O=CC1CN(c2ccc3c(c2)CN(C2CCC(=O)NCOC2)C3=O)C1. The van der Waals surface area contributed by atoms with E-state index in [4.69, 9.17) is 4.74 Å². The lowest BCUT2D eigenvalue weighted by Crippen LogP contribution is -2.47. The molecule has 2 amide bonds. The zero-order valence-corrected chi connectivity index (χ0v) is 13.9. The van der Waals surface area contributed by atoms with Crippen molar-refractivity contribution in [3.05, 3.63) is 29.3 Å². The third-order valence-corrected chi connectivity index (χ3v) is 5.22. The molecular formula is C18H21N3O4. The zero-order chi connectivity index (χ0) is 17.4. The molecule has 132 valence electrons. The summed E-state index contributed by atoms with van der Waals surface area (Å²) in [6.07, 6.45) is 2.01. The monoisotopic (exact) mass is 343 g/mol. The first-order valence-electron chi connectivity index (χ1n) is 8.64. The van der Waals surface area contributed by atoms with Crippen molar-refractivity contribution in [2.75, 3.05) is 31.3 Å². The van der Waals surface area contributed by atoms with Crippen LogP contribution in [0.1, 0.15) is 28.8 Å². The minimum Gasteiger partial charge on any atom is -0.370 e. The molecule has 0 bridgehead atoms. The maximum absolute atomic E-state index is 12.7. The normalized spacial score (nSPS) is 24.2. The number of ether oxygens (including phenoxy) is 1. The number of aldehydes is 1. The number of amides is 2. The van der Waals surface area contributed by atoms with Crippen molar-refractivity contribution in [3.8, 4) is 0 Å². The van der Waals surface area contributed by atoms with Crippen LogP contribution in [0.25, 0.3) is 0 Å².